The average Bonchev–Trinajstić information content (AvgIpc) is 2.40. The Morgan fingerprint density at radius 1 is 1.26 bits per heavy atom. The van der Waals surface area contributed by atoms with E-state index >= 15 is 0 Å². The highest BCUT2D eigenvalue weighted by molar-refractivity contribution is 9.10. The van der Waals surface area contributed by atoms with Gasteiger partial charge in [-0.1, -0.05) is 28.1 Å². The molecular weight excluding hydrogens is 306 g/mol. The molecule has 0 aliphatic carbocycles. The number of pyridine rings is 1. The van der Waals surface area contributed by atoms with Crippen LogP contribution in [-0.2, 0) is 11.3 Å². The summed E-state index contributed by atoms with van der Waals surface area (Å²) in [6, 6.07) is 11.3. The van der Waals surface area contributed by atoms with Crippen molar-refractivity contribution < 1.29 is 4.79 Å². The molecule has 0 spiro atoms. The average molecular weight is 320 g/mol. The summed E-state index contributed by atoms with van der Waals surface area (Å²) in [5.41, 5.74) is 1.83. The van der Waals surface area contributed by atoms with Crippen molar-refractivity contribution in [1.82, 2.24) is 10.3 Å². The molecule has 5 heteroatoms. The number of rotatable bonds is 5. The quantitative estimate of drug-likeness (QED) is 0.890. The van der Waals surface area contributed by atoms with Crippen LogP contribution >= 0.6 is 15.9 Å². The summed E-state index contributed by atoms with van der Waals surface area (Å²) in [6.45, 7) is 0.890. The van der Waals surface area contributed by atoms with Gasteiger partial charge in [0, 0.05) is 29.1 Å². The van der Waals surface area contributed by atoms with Crippen LogP contribution in [0, 0.1) is 0 Å². The Labute approximate surface area is 120 Å². The smallest absolute Gasteiger partial charge is 0.238 e. The second-order valence-electron chi connectivity index (χ2n) is 4.02. The summed E-state index contributed by atoms with van der Waals surface area (Å²) in [4.78, 5) is 15.7. The molecule has 0 bridgehead atoms. The zero-order valence-corrected chi connectivity index (χ0v) is 11.9. The molecule has 1 aromatic heterocycles. The van der Waals surface area contributed by atoms with Crippen molar-refractivity contribution >= 4 is 27.5 Å². The molecule has 1 amide bonds. The monoisotopic (exact) mass is 319 g/mol. The van der Waals surface area contributed by atoms with E-state index in [0.29, 0.717) is 6.54 Å². The predicted molar refractivity (Wildman–Crippen MR) is 78.7 cm³/mol. The molecule has 4 nitrogen and oxygen atoms in total. The molecule has 0 aliphatic rings. The molecule has 1 heterocycles. The molecule has 0 saturated heterocycles. The number of amides is 1. The highest BCUT2D eigenvalue weighted by Crippen LogP contribution is 2.15. The van der Waals surface area contributed by atoms with Crippen LogP contribution in [0.5, 0.6) is 0 Å². The van der Waals surface area contributed by atoms with Crippen molar-refractivity contribution in [3.8, 4) is 0 Å². The lowest BCUT2D eigenvalue weighted by atomic mass is 10.3. The fraction of sp³-hybridized carbons (Fsp3) is 0.143. The lowest BCUT2D eigenvalue weighted by Crippen LogP contribution is -2.27. The molecule has 0 atom stereocenters. The number of nitrogens with zero attached hydrogens (tertiary/aromatic N) is 1. The maximum absolute atomic E-state index is 11.7. The van der Waals surface area contributed by atoms with Crippen LogP contribution < -0.4 is 10.6 Å². The molecule has 2 rings (SSSR count). The van der Waals surface area contributed by atoms with E-state index in [1.54, 1.807) is 12.4 Å². The lowest BCUT2D eigenvalue weighted by molar-refractivity contribution is -0.115. The standard InChI is InChI=1S/C14H14BrN3O/c15-12-4-1-5-13(7-12)18-14(19)10-17-9-11-3-2-6-16-8-11/h1-8,17H,9-10H2,(H,18,19). The van der Waals surface area contributed by atoms with Crippen molar-refractivity contribution in [3.05, 3.63) is 58.8 Å². The van der Waals surface area contributed by atoms with E-state index in [2.05, 4.69) is 31.5 Å². The first-order valence-electron chi connectivity index (χ1n) is 5.89. The number of carbonyl (C=O) groups is 1. The van der Waals surface area contributed by atoms with Gasteiger partial charge in [-0.3, -0.25) is 9.78 Å². The molecule has 98 valence electrons. The SMILES string of the molecule is O=C(CNCc1cccnc1)Nc1cccc(Br)c1. The third-order valence-corrected chi connectivity index (χ3v) is 2.94. The summed E-state index contributed by atoms with van der Waals surface area (Å²) in [7, 11) is 0. The Morgan fingerprint density at radius 3 is 2.89 bits per heavy atom. The van der Waals surface area contributed by atoms with Gasteiger partial charge in [-0.05, 0) is 29.8 Å². The molecule has 0 unspecified atom stereocenters. The van der Waals surface area contributed by atoms with Crippen molar-refractivity contribution in [2.45, 2.75) is 6.54 Å². The van der Waals surface area contributed by atoms with E-state index in [4.69, 9.17) is 0 Å². The van der Waals surface area contributed by atoms with Gasteiger partial charge in [0.15, 0.2) is 0 Å². The summed E-state index contributed by atoms with van der Waals surface area (Å²) in [6.07, 6.45) is 3.50. The number of carbonyl (C=O) groups excluding carboxylic acids is 1. The van der Waals surface area contributed by atoms with E-state index in [9.17, 15) is 4.79 Å². The summed E-state index contributed by atoms with van der Waals surface area (Å²) in [5, 5.41) is 5.89. The van der Waals surface area contributed by atoms with Gasteiger partial charge in [-0.25, -0.2) is 0 Å². The highest BCUT2D eigenvalue weighted by Gasteiger charge is 2.02. The Kier molecular flexibility index (Phi) is 5.06. The van der Waals surface area contributed by atoms with Crippen molar-refractivity contribution in [2.75, 3.05) is 11.9 Å². The first-order chi connectivity index (χ1) is 9.24. The van der Waals surface area contributed by atoms with Gasteiger partial charge in [0.2, 0.25) is 5.91 Å². The topological polar surface area (TPSA) is 54.0 Å². The van der Waals surface area contributed by atoms with E-state index in [1.807, 2.05) is 36.4 Å². The molecule has 0 fully saturated rings. The zero-order chi connectivity index (χ0) is 13.5. The number of halogens is 1. The van der Waals surface area contributed by atoms with Crippen molar-refractivity contribution in [1.29, 1.82) is 0 Å². The number of nitrogens with one attached hydrogen (secondary N) is 2. The number of anilines is 1. The number of benzene rings is 1. The largest absolute Gasteiger partial charge is 0.325 e. The minimum Gasteiger partial charge on any atom is -0.325 e. The van der Waals surface area contributed by atoms with Crippen LogP contribution in [0.15, 0.2) is 53.3 Å². The van der Waals surface area contributed by atoms with Gasteiger partial charge in [0.05, 0.1) is 6.54 Å². The van der Waals surface area contributed by atoms with Crippen LogP contribution in [0.1, 0.15) is 5.56 Å². The molecule has 2 N–H and O–H groups in total. The Morgan fingerprint density at radius 2 is 2.16 bits per heavy atom. The molecule has 0 radical (unpaired) electrons. The van der Waals surface area contributed by atoms with E-state index in [0.717, 1.165) is 15.7 Å². The van der Waals surface area contributed by atoms with E-state index < -0.39 is 0 Å². The van der Waals surface area contributed by atoms with Gasteiger partial charge >= 0.3 is 0 Å². The normalized spacial score (nSPS) is 10.2. The fourth-order valence-electron chi connectivity index (χ4n) is 1.59. The van der Waals surface area contributed by atoms with Gasteiger partial charge in [0.25, 0.3) is 0 Å². The van der Waals surface area contributed by atoms with Gasteiger partial charge in [-0.15, -0.1) is 0 Å². The predicted octanol–water partition coefficient (Wildman–Crippen LogP) is 2.57. The summed E-state index contributed by atoms with van der Waals surface area (Å²) < 4.78 is 0.939. The Balaban J connectivity index is 1.76. The molecule has 1 aromatic carbocycles. The van der Waals surface area contributed by atoms with Crippen LogP contribution in [0.2, 0.25) is 0 Å². The molecule has 2 aromatic rings. The van der Waals surface area contributed by atoms with E-state index in [1.165, 1.54) is 0 Å². The summed E-state index contributed by atoms with van der Waals surface area (Å²) in [5.74, 6) is -0.0676. The number of hydrogen-bond donors (Lipinski definition) is 2. The van der Waals surface area contributed by atoms with Crippen LogP contribution in [0.3, 0.4) is 0 Å². The zero-order valence-electron chi connectivity index (χ0n) is 10.3. The summed E-state index contributed by atoms with van der Waals surface area (Å²) >= 11 is 3.36. The first-order valence-corrected chi connectivity index (χ1v) is 6.68. The minimum atomic E-state index is -0.0676. The molecule has 19 heavy (non-hydrogen) atoms. The number of hydrogen-bond acceptors (Lipinski definition) is 3. The van der Waals surface area contributed by atoms with Crippen molar-refractivity contribution in [3.63, 3.8) is 0 Å². The Bertz CT molecular complexity index is 545. The van der Waals surface area contributed by atoms with Gasteiger partial charge in [0.1, 0.15) is 0 Å². The lowest BCUT2D eigenvalue weighted by Gasteiger charge is -2.07. The minimum absolute atomic E-state index is 0.0676. The third kappa shape index (κ3) is 4.81. The second kappa shape index (κ2) is 7.01. The highest BCUT2D eigenvalue weighted by atomic mass is 79.9. The Hall–Kier alpha value is -1.72. The van der Waals surface area contributed by atoms with Crippen LogP contribution in [0.4, 0.5) is 5.69 Å². The first kappa shape index (κ1) is 13.7. The molecular formula is C14H14BrN3O. The molecule has 0 saturated carbocycles. The van der Waals surface area contributed by atoms with Crippen LogP contribution in [-0.4, -0.2) is 17.4 Å². The van der Waals surface area contributed by atoms with E-state index in [-0.39, 0.29) is 12.5 Å². The van der Waals surface area contributed by atoms with Gasteiger partial charge < -0.3 is 10.6 Å². The maximum atomic E-state index is 11.7. The fourth-order valence-corrected chi connectivity index (χ4v) is 1.99. The van der Waals surface area contributed by atoms with Crippen LogP contribution in [0.25, 0.3) is 0 Å². The maximum Gasteiger partial charge on any atom is 0.238 e. The van der Waals surface area contributed by atoms with Gasteiger partial charge in [-0.2, -0.15) is 0 Å². The third-order valence-electron chi connectivity index (χ3n) is 2.45. The second-order valence-corrected chi connectivity index (χ2v) is 4.94. The number of aromatic nitrogens is 1. The van der Waals surface area contributed by atoms with Crippen molar-refractivity contribution in [2.24, 2.45) is 0 Å². The molecule has 0 aliphatic heterocycles.